The van der Waals surface area contributed by atoms with Crippen LogP contribution in [0.3, 0.4) is 0 Å². The molecular weight excluding hydrogens is 544 g/mol. The number of piperidine rings is 1. The third-order valence-corrected chi connectivity index (χ3v) is 9.49. The lowest BCUT2D eigenvalue weighted by Gasteiger charge is -2.44. The van der Waals surface area contributed by atoms with Crippen molar-refractivity contribution in [1.29, 1.82) is 0 Å². The molecule has 3 aromatic rings. The van der Waals surface area contributed by atoms with E-state index in [1.54, 1.807) is 11.1 Å². The van der Waals surface area contributed by atoms with Gasteiger partial charge in [0.25, 0.3) is 0 Å². The first-order chi connectivity index (χ1) is 21.8. The Labute approximate surface area is 277 Å². The Kier molecular flexibility index (Phi) is 16.1. The zero-order chi connectivity index (χ0) is 33.4. The second-order valence-electron chi connectivity index (χ2n) is 12.5. The average molecular weight is 607 g/mol. The molecule has 0 saturated carbocycles. The summed E-state index contributed by atoms with van der Waals surface area (Å²) in [4.78, 5) is 6.72. The molecule has 2 aromatic carbocycles. The summed E-state index contributed by atoms with van der Waals surface area (Å²) in [5.74, 6) is 1.21. The lowest BCUT2D eigenvalue weighted by atomic mass is 9.68. The van der Waals surface area contributed by atoms with Crippen LogP contribution in [-0.2, 0) is 6.42 Å². The van der Waals surface area contributed by atoms with Gasteiger partial charge in [0.1, 0.15) is 0 Å². The van der Waals surface area contributed by atoms with Gasteiger partial charge < -0.3 is 4.90 Å². The number of aryl methyl sites for hydroxylation is 1. The smallest absolute Gasteiger partial charge is 0.0397 e. The fraction of sp³-hybridized carbons (Fsp3) is 0.465. The van der Waals surface area contributed by atoms with E-state index in [1.807, 2.05) is 71.3 Å². The molecule has 1 aromatic heterocycles. The highest BCUT2D eigenvalue weighted by Gasteiger charge is 2.36. The zero-order valence-corrected chi connectivity index (χ0v) is 30.0. The van der Waals surface area contributed by atoms with E-state index < -0.39 is 0 Å². The molecule has 2 atom stereocenters. The quantitative estimate of drug-likeness (QED) is 0.241. The summed E-state index contributed by atoms with van der Waals surface area (Å²) in [5.41, 5.74) is 11.2. The highest BCUT2D eigenvalue weighted by atomic mass is 15.1. The van der Waals surface area contributed by atoms with E-state index in [4.69, 9.17) is 0 Å². The zero-order valence-electron chi connectivity index (χ0n) is 30.0. The largest absolute Gasteiger partial charge is 0.371 e. The third-order valence-electron chi connectivity index (χ3n) is 9.49. The van der Waals surface area contributed by atoms with Crippen molar-refractivity contribution >= 4 is 22.9 Å². The number of allylic oxidation sites excluding steroid dienone is 2. The molecule has 0 amide bonds. The molecule has 1 saturated heterocycles. The molecule has 2 aliphatic rings. The minimum absolute atomic E-state index is 0.449. The standard InChI is InChI=1S/C28H38N2.C11H12.2C2H6/c1-5-13-28(14-18-30(19-15-28)25-11-16-29-17-12-25)20-22(3)23(4)26-8-6-7-24-10-9-21(2)27(24)26;1-4-10-7-5-6-8-11(10)9(2)3;2*1-2/h6-8,11-12,16-17,21-22H,4-5,9-10,13-15,18-20H2,1-3H3;4-8H,1-2H2,3H3;2*1-2H3. The Morgan fingerprint density at radius 3 is 2.16 bits per heavy atom. The van der Waals surface area contributed by atoms with Crippen LogP contribution in [0.25, 0.3) is 17.2 Å². The molecule has 2 heterocycles. The van der Waals surface area contributed by atoms with Crippen LogP contribution in [0, 0.1) is 11.3 Å². The molecule has 5 rings (SSSR count). The van der Waals surface area contributed by atoms with Crippen molar-refractivity contribution in [1.82, 2.24) is 4.98 Å². The fourth-order valence-electron chi connectivity index (χ4n) is 7.19. The Morgan fingerprint density at radius 2 is 1.58 bits per heavy atom. The predicted molar refractivity (Wildman–Crippen MR) is 203 cm³/mol. The molecule has 2 nitrogen and oxygen atoms in total. The lowest BCUT2D eigenvalue weighted by molar-refractivity contribution is 0.165. The molecule has 1 fully saturated rings. The molecular formula is C43H62N2. The van der Waals surface area contributed by atoms with Crippen molar-refractivity contribution in [2.24, 2.45) is 11.3 Å². The number of benzene rings is 2. The lowest BCUT2D eigenvalue weighted by Crippen LogP contribution is -2.41. The van der Waals surface area contributed by atoms with E-state index >= 15 is 0 Å². The van der Waals surface area contributed by atoms with Crippen LogP contribution in [0.5, 0.6) is 0 Å². The van der Waals surface area contributed by atoms with Gasteiger partial charge in [-0.1, -0.05) is 129 Å². The van der Waals surface area contributed by atoms with Crippen molar-refractivity contribution in [3.05, 3.63) is 115 Å². The molecule has 244 valence electrons. The molecule has 2 heteroatoms. The Morgan fingerprint density at radius 1 is 0.956 bits per heavy atom. The van der Waals surface area contributed by atoms with E-state index in [1.165, 1.54) is 67.3 Å². The first kappa shape index (κ1) is 37.8. The number of fused-ring (bicyclic) bond motifs is 1. The van der Waals surface area contributed by atoms with Crippen molar-refractivity contribution in [2.75, 3.05) is 18.0 Å². The maximum Gasteiger partial charge on any atom is 0.0397 e. The molecule has 0 N–H and O–H groups in total. The van der Waals surface area contributed by atoms with Crippen molar-refractivity contribution in [3.63, 3.8) is 0 Å². The van der Waals surface area contributed by atoms with E-state index in [2.05, 4.69) is 86.8 Å². The normalized spacial score (nSPS) is 16.7. The van der Waals surface area contributed by atoms with Crippen molar-refractivity contribution in [2.45, 2.75) is 106 Å². The highest BCUT2D eigenvalue weighted by molar-refractivity contribution is 5.71. The van der Waals surface area contributed by atoms with Gasteiger partial charge in [-0.15, -0.1) is 0 Å². The monoisotopic (exact) mass is 606 g/mol. The third kappa shape index (κ3) is 10.1. The first-order valence-corrected chi connectivity index (χ1v) is 17.6. The van der Waals surface area contributed by atoms with Gasteiger partial charge in [0.15, 0.2) is 0 Å². The number of rotatable bonds is 9. The Bertz CT molecular complexity index is 1330. The molecule has 1 aliphatic heterocycles. The summed E-state index contributed by atoms with van der Waals surface area (Å²) in [5, 5.41) is 0. The van der Waals surface area contributed by atoms with Crippen molar-refractivity contribution < 1.29 is 0 Å². The molecule has 0 bridgehead atoms. The van der Waals surface area contributed by atoms with Crippen LogP contribution in [0.2, 0.25) is 0 Å². The second-order valence-corrected chi connectivity index (χ2v) is 12.5. The molecule has 0 spiro atoms. The maximum atomic E-state index is 4.64. The van der Waals surface area contributed by atoms with Crippen LogP contribution in [-0.4, -0.2) is 18.1 Å². The van der Waals surface area contributed by atoms with Crippen LogP contribution in [0.1, 0.15) is 128 Å². The Balaban J connectivity index is 0.000000394. The number of aromatic nitrogens is 1. The minimum Gasteiger partial charge on any atom is -0.371 e. The number of anilines is 1. The highest BCUT2D eigenvalue weighted by Crippen LogP contribution is 2.46. The summed E-state index contributed by atoms with van der Waals surface area (Å²) in [7, 11) is 0. The fourth-order valence-corrected chi connectivity index (χ4v) is 7.19. The SMILES string of the molecule is C=C(c1cccc2c1C(C)CC2)C(C)CC1(CCC)CCN(c2ccncc2)CC1.C=Cc1ccccc1C(=C)C.CC.CC. The number of hydrogen-bond donors (Lipinski definition) is 0. The van der Waals surface area contributed by atoms with Crippen LogP contribution < -0.4 is 4.90 Å². The van der Waals surface area contributed by atoms with Gasteiger partial charge in [-0.05, 0) is 108 Å². The second kappa shape index (κ2) is 19.2. The van der Waals surface area contributed by atoms with E-state index in [0.717, 1.165) is 24.2 Å². The summed E-state index contributed by atoms with van der Waals surface area (Å²) < 4.78 is 0. The number of pyridine rings is 1. The Hall–Kier alpha value is -3.39. The number of hydrogen-bond acceptors (Lipinski definition) is 2. The number of nitrogens with zero attached hydrogens (tertiary/aromatic N) is 2. The predicted octanol–water partition coefficient (Wildman–Crippen LogP) is 12.7. The minimum atomic E-state index is 0.449. The van der Waals surface area contributed by atoms with Gasteiger partial charge in [0.05, 0.1) is 0 Å². The molecule has 45 heavy (non-hydrogen) atoms. The van der Waals surface area contributed by atoms with Crippen molar-refractivity contribution in [3.8, 4) is 0 Å². The van der Waals surface area contributed by atoms with E-state index in [-0.39, 0.29) is 0 Å². The van der Waals surface area contributed by atoms with Crippen LogP contribution >= 0.6 is 0 Å². The van der Waals surface area contributed by atoms with Crippen LogP contribution in [0.4, 0.5) is 5.69 Å². The average Bonchev–Trinajstić information content (AvgIpc) is 3.48. The molecule has 2 unspecified atom stereocenters. The summed E-state index contributed by atoms with van der Waals surface area (Å²) >= 11 is 0. The van der Waals surface area contributed by atoms with Gasteiger partial charge in [0, 0.05) is 31.2 Å². The maximum absolute atomic E-state index is 4.64. The van der Waals surface area contributed by atoms with Gasteiger partial charge in [-0.25, -0.2) is 0 Å². The van der Waals surface area contributed by atoms with Gasteiger partial charge in [-0.2, -0.15) is 0 Å². The summed E-state index contributed by atoms with van der Waals surface area (Å²) in [6, 6.07) is 19.3. The summed E-state index contributed by atoms with van der Waals surface area (Å²) in [6.45, 7) is 31.7. The van der Waals surface area contributed by atoms with Gasteiger partial charge in [0.2, 0.25) is 0 Å². The first-order valence-electron chi connectivity index (χ1n) is 17.6. The van der Waals surface area contributed by atoms with Gasteiger partial charge in [-0.3, -0.25) is 4.98 Å². The topological polar surface area (TPSA) is 16.1 Å². The van der Waals surface area contributed by atoms with Crippen LogP contribution in [0.15, 0.2) is 86.7 Å². The van der Waals surface area contributed by atoms with Gasteiger partial charge >= 0.3 is 0 Å². The summed E-state index contributed by atoms with van der Waals surface area (Å²) in [6.07, 6.45) is 14.6. The molecule has 1 aliphatic carbocycles. The van der Waals surface area contributed by atoms with E-state index in [0.29, 0.717) is 17.3 Å². The molecule has 0 radical (unpaired) electrons. The van der Waals surface area contributed by atoms with E-state index in [9.17, 15) is 0 Å².